The standard InChI is InChI=1S/C13H18N6O/c1-9-11(10(2)19(3)18-9)4-5-16-13(20)17-12-8-14-6-7-15-12/h6-8H,4-5H2,1-3H3,(H2,15,16,17,20). The first-order chi connectivity index (χ1) is 9.58. The summed E-state index contributed by atoms with van der Waals surface area (Å²) in [7, 11) is 1.92. The highest BCUT2D eigenvalue weighted by atomic mass is 16.2. The van der Waals surface area contributed by atoms with Gasteiger partial charge in [-0.25, -0.2) is 9.78 Å². The van der Waals surface area contributed by atoms with E-state index in [-0.39, 0.29) is 6.03 Å². The number of carbonyl (C=O) groups is 1. The molecule has 106 valence electrons. The first kappa shape index (κ1) is 14.0. The third kappa shape index (κ3) is 3.31. The minimum Gasteiger partial charge on any atom is -0.337 e. The van der Waals surface area contributed by atoms with Crippen molar-refractivity contribution in [3.8, 4) is 0 Å². The normalized spacial score (nSPS) is 10.3. The zero-order valence-electron chi connectivity index (χ0n) is 11.8. The fourth-order valence-corrected chi connectivity index (χ4v) is 2.00. The molecular formula is C13H18N6O. The molecule has 0 aliphatic heterocycles. The van der Waals surface area contributed by atoms with Crippen molar-refractivity contribution in [3.63, 3.8) is 0 Å². The molecule has 2 amide bonds. The fraction of sp³-hybridized carbons (Fsp3) is 0.385. The third-order valence-electron chi connectivity index (χ3n) is 3.12. The molecule has 0 saturated heterocycles. The van der Waals surface area contributed by atoms with Crippen LogP contribution in [0, 0.1) is 13.8 Å². The van der Waals surface area contributed by atoms with E-state index in [1.807, 2.05) is 25.6 Å². The van der Waals surface area contributed by atoms with Gasteiger partial charge in [-0.15, -0.1) is 0 Å². The Morgan fingerprint density at radius 1 is 1.35 bits per heavy atom. The second kappa shape index (κ2) is 6.14. The first-order valence-electron chi connectivity index (χ1n) is 6.38. The summed E-state index contributed by atoms with van der Waals surface area (Å²) in [5.74, 6) is 0.429. The molecule has 0 fully saturated rings. The van der Waals surface area contributed by atoms with Crippen LogP contribution in [-0.2, 0) is 13.5 Å². The molecule has 0 saturated carbocycles. The predicted octanol–water partition coefficient (Wildman–Crippen LogP) is 1.19. The van der Waals surface area contributed by atoms with Crippen LogP contribution in [0.15, 0.2) is 18.6 Å². The lowest BCUT2D eigenvalue weighted by Crippen LogP contribution is -2.30. The second-order valence-corrected chi connectivity index (χ2v) is 4.49. The molecule has 2 aromatic rings. The maximum atomic E-state index is 11.7. The Hall–Kier alpha value is -2.44. The quantitative estimate of drug-likeness (QED) is 0.877. The molecule has 0 aliphatic carbocycles. The molecule has 2 heterocycles. The van der Waals surface area contributed by atoms with E-state index in [2.05, 4.69) is 25.7 Å². The van der Waals surface area contributed by atoms with Crippen LogP contribution in [0.3, 0.4) is 0 Å². The van der Waals surface area contributed by atoms with Crippen molar-refractivity contribution in [2.24, 2.45) is 7.05 Å². The van der Waals surface area contributed by atoms with Gasteiger partial charge in [0.15, 0.2) is 5.82 Å². The van der Waals surface area contributed by atoms with Crippen LogP contribution in [0.5, 0.6) is 0 Å². The van der Waals surface area contributed by atoms with Gasteiger partial charge in [0, 0.05) is 31.7 Å². The van der Waals surface area contributed by atoms with E-state index in [4.69, 9.17) is 0 Å². The highest BCUT2D eigenvalue weighted by Crippen LogP contribution is 2.11. The molecule has 0 bridgehead atoms. The molecule has 0 unspecified atom stereocenters. The molecule has 0 aromatic carbocycles. The van der Waals surface area contributed by atoms with Crippen LogP contribution in [0.2, 0.25) is 0 Å². The van der Waals surface area contributed by atoms with Gasteiger partial charge in [0.05, 0.1) is 11.9 Å². The number of aromatic nitrogens is 4. The molecule has 2 aromatic heterocycles. The van der Waals surface area contributed by atoms with E-state index in [0.29, 0.717) is 12.4 Å². The summed E-state index contributed by atoms with van der Waals surface area (Å²) in [6.07, 6.45) is 5.32. The van der Waals surface area contributed by atoms with Crippen LogP contribution < -0.4 is 10.6 Å². The van der Waals surface area contributed by atoms with Gasteiger partial charge in [0.2, 0.25) is 0 Å². The van der Waals surface area contributed by atoms with Gasteiger partial charge in [-0.3, -0.25) is 15.0 Å². The van der Waals surface area contributed by atoms with Crippen LogP contribution in [0.25, 0.3) is 0 Å². The largest absolute Gasteiger partial charge is 0.337 e. The predicted molar refractivity (Wildman–Crippen MR) is 75.4 cm³/mol. The monoisotopic (exact) mass is 274 g/mol. The Morgan fingerprint density at radius 3 is 2.75 bits per heavy atom. The SMILES string of the molecule is Cc1nn(C)c(C)c1CCNC(=O)Nc1cnccn1. The third-order valence-corrected chi connectivity index (χ3v) is 3.12. The van der Waals surface area contributed by atoms with Gasteiger partial charge in [0.25, 0.3) is 0 Å². The Labute approximate surface area is 117 Å². The van der Waals surface area contributed by atoms with Crippen molar-refractivity contribution >= 4 is 11.8 Å². The molecule has 7 heteroatoms. The molecule has 2 N–H and O–H groups in total. The molecule has 20 heavy (non-hydrogen) atoms. The second-order valence-electron chi connectivity index (χ2n) is 4.49. The maximum Gasteiger partial charge on any atom is 0.320 e. The minimum absolute atomic E-state index is 0.287. The summed E-state index contributed by atoms with van der Waals surface area (Å²) in [4.78, 5) is 19.5. The average Bonchev–Trinajstić information content (AvgIpc) is 2.66. The van der Waals surface area contributed by atoms with E-state index in [1.165, 1.54) is 18.0 Å². The van der Waals surface area contributed by atoms with E-state index >= 15 is 0 Å². The van der Waals surface area contributed by atoms with Crippen molar-refractivity contribution in [1.29, 1.82) is 0 Å². The molecule has 7 nitrogen and oxygen atoms in total. The van der Waals surface area contributed by atoms with Crippen molar-refractivity contribution in [3.05, 3.63) is 35.5 Å². The van der Waals surface area contributed by atoms with E-state index in [0.717, 1.165) is 17.8 Å². The summed E-state index contributed by atoms with van der Waals surface area (Å²) < 4.78 is 1.85. The van der Waals surface area contributed by atoms with E-state index in [1.54, 1.807) is 6.20 Å². The number of urea groups is 1. The van der Waals surface area contributed by atoms with Crippen LogP contribution in [0.1, 0.15) is 17.0 Å². The minimum atomic E-state index is -0.287. The van der Waals surface area contributed by atoms with Gasteiger partial charge in [-0.1, -0.05) is 0 Å². The van der Waals surface area contributed by atoms with E-state index < -0.39 is 0 Å². The number of amides is 2. The van der Waals surface area contributed by atoms with Crippen LogP contribution in [-0.4, -0.2) is 32.3 Å². The van der Waals surface area contributed by atoms with Crippen molar-refractivity contribution in [1.82, 2.24) is 25.1 Å². The highest BCUT2D eigenvalue weighted by Gasteiger charge is 2.09. The Bertz CT molecular complexity index is 592. The number of hydrogen-bond donors (Lipinski definition) is 2. The molecule has 0 aliphatic rings. The number of carbonyl (C=O) groups excluding carboxylic acids is 1. The number of rotatable bonds is 4. The lowest BCUT2D eigenvalue weighted by molar-refractivity contribution is 0.252. The smallest absolute Gasteiger partial charge is 0.320 e. The lowest BCUT2D eigenvalue weighted by atomic mass is 10.1. The lowest BCUT2D eigenvalue weighted by Gasteiger charge is -2.07. The Kier molecular flexibility index (Phi) is 4.29. The maximum absolute atomic E-state index is 11.7. The number of nitrogens with one attached hydrogen (secondary N) is 2. The molecular weight excluding hydrogens is 256 g/mol. The van der Waals surface area contributed by atoms with Crippen molar-refractivity contribution < 1.29 is 4.79 Å². The molecule has 0 radical (unpaired) electrons. The highest BCUT2D eigenvalue weighted by molar-refractivity contribution is 5.87. The van der Waals surface area contributed by atoms with E-state index in [9.17, 15) is 4.79 Å². The Morgan fingerprint density at radius 2 is 2.15 bits per heavy atom. The molecule has 0 atom stereocenters. The van der Waals surface area contributed by atoms with Crippen molar-refractivity contribution in [2.45, 2.75) is 20.3 Å². The Balaban J connectivity index is 1.82. The zero-order valence-corrected chi connectivity index (χ0v) is 11.8. The zero-order chi connectivity index (χ0) is 14.5. The summed E-state index contributed by atoms with van der Waals surface area (Å²) in [6, 6.07) is -0.287. The van der Waals surface area contributed by atoms with Gasteiger partial charge < -0.3 is 5.32 Å². The molecule has 2 rings (SSSR count). The van der Waals surface area contributed by atoms with Crippen molar-refractivity contribution in [2.75, 3.05) is 11.9 Å². The summed E-state index contributed by atoms with van der Waals surface area (Å²) >= 11 is 0. The van der Waals surface area contributed by atoms with Crippen LogP contribution in [0.4, 0.5) is 10.6 Å². The topological polar surface area (TPSA) is 84.7 Å². The number of anilines is 1. The van der Waals surface area contributed by atoms with Gasteiger partial charge in [0.1, 0.15) is 0 Å². The number of hydrogen-bond acceptors (Lipinski definition) is 4. The molecule has 0 spiro atoms. The summed E-state index contributed by atoms with van der Waals surface area (Å²) in [6.45, 7) is 4.54. The van der Waals surface area contributed by atoms with Gasteiger partial charge >= 0.3 is 6.03 Å². The van der Waals surface area contributed by atoms with Gasteiger partial charge in [-0.2, -0.15) is 5.10 Å². The first-order valence-corrected chi connectivity index (χ1v) is 6.38. The fourth-order valence-electron chi connectivity index (χ4n) is 2.00. The summed E-state index contributed by atoms with van der Waals surface area (Å²) in [5, 5.41) is 9.75. The van der Waals surface area contributed by atoms with Gasteiger partial charge in [-0.05, 0) is 25.8 Å². The van der Waals surface area contributed by atoms with Crippen LogP contribution >= 0.6 is 0 Å². The number of aryl methyl sites for hydroxylation is 2. The summed E-state index contributed by atoms with van der Waals surface area (Å²) in [5.41, 5.74) is 3.30. The number of nitrogens with zero attached hydrogens (tertiary/aromatic N) is 4. The average molecular weight is 274 g/mol.